The third kappa shape index (κ3) is 5.02. The van der Waals surface area contributed by atoms with Gasteiger partial charge in [-0.15, -0.1) is 0 Å². The first-order valence-electron chi connectivity index (χ1n) is 9.71. The van der Waals surface area contributed by atoms with Crippen LogP contribution in [-0.4, -0.2) is 28.3 Å². The number of nitrogens with one attached hydrogen (secondary N) is 2. The Morgan fingerprint density at radius 3 is 2.40 bits per heavy atom. The molecule has 3 aromatic rings. The lowest BCUT2D eigenvalue weighted by molar-refractivity contribution is -0.149. The molecule has 0 unspecified atom stereocenters. The summed E-state index contributed by atoms with van der Waals surface area (Å²) < 4.78 is 5.88. The first kappa shape index (κ1) is 21.0. The highest BCUT2D eigenvalue weighted by Gasteiger charge is 2.16. The van der Waals surface area contributed by atoms with Crippen LogP contribution in [0.4, 0.5) is 0 Å². The number of aromatic amines is 1. The minimum Gasteiger partial charge on any atom is -0.454 e. The molecule has 0 radical (unpaired) electrons. The first-order valence-corrected chi connectivity index (χ1v) is 9.71. The Bertz CT molecular complexity index is 1150. The van der Waals surface area contributed by atoms with Crippen molar-refractivity contribution >= 4 is 22.6 Å². The number of esters is 1. The predicted molar refractivity (Wildman–Crippen MR) is 112 cm³/mol. The number of ether oxygens (including phenoxy) is 1. The van der Waals surface area contributed by atoms with Crippen molar-refractivity contribution in [3.63, 3.8) is 0 Å². The van der Waals surface area contributed by atoms with E-state index in [1.807, 2.05) is 37.3 Å². The van der Waals surface area contributed by atoms with Gasteiger partial charge in [0.1, 0.15) is 6.54 Å². The van der Waals surface area contributed by atoms with E-state index in [2.05, 4.69) is 10.4 Å². The molecule has 1 heterocycles. The van der Waals surface area contributed by atoms with E-state index in [1.165, 1.54) is 12.1 Å². The number of amides is 1. The molecule has 8 heteroatoms. The van der Waals surface area contributed by atoms with E-state index in [4.69, 9.17) is 4.74 Å². The van der Waals surface area contributed by atoms with Crippen molar-refractivity contribution in [3.05, 3.63) is 80.9 Å². The molecule has 2 aromatic carbocycles. The molecule has 30 heavy (non-hydrogen) atoms. The van der Waals surface area contributed by atoms with E-state index in [0.29, 0.717) is 0 Å². The van der Waals surface area contributed by atoms with Crippen LogP contribution < -0.4 is 16.4 Å². The molecule has 0 saturated carbocycles. The molecule has 0 bridgehead atoms. The van der Waals surface area contributed by atoms with Gasteiger partial charge < -0.3 is 10.1 Å². The molecule has 0 aliphatic heterocycles. The molecule has 1 aromatic heterocycles. The van der Waals surface area contributed by atoms with Gasteiger partial charge in [-0.05, 0) is 24.1 Å². The molecule has 0 aliphatic carbocycles. The molecule has 1 atom stereocenters. The van der Waals surface area contributed by atoms with Crippen molar-refractivity contribution in [1.82, 2.24) is 15.1 Å². The van der Waals surface area contributed by atoms with Crippen molar-refractivity contribution in [1.29, 1.82) is 0 Å². The Morgan fingerprint density at radius 1 is 1.03 bits per heavy atom. The second-order valence-electron chi connectivity index (χ2n) is 6.86. The molecule has 0 aliphatic rings. The zero-order valence-corrected chi connectivity index (χ0v) is 16.6. The van der Waals surface area contributed by atoms with Crippen LogP contribution in [0.1, 0.15) is 31.4 Å². The third-order valence-corrected chi connectivity index (χ3v) is 4.65. The Labute approximate surface area is 172 Å². The number of aromatic nitrogens is 2. The second kappa shape index (κ2) is 9.69. The van der Waals surface area contributed by atoms with E-state index in [9.17, 15) is 19.2 Å². The first-order chi connectivity index (χ1) is 14.5. The van der Waals surface area contributed by atoms with Crippen molar-refractivity contribution in [2.45, 2.75) is 32.4 Å². The number of H-pyrrole nitrogens is 1. The minimum absolute atomic E-state index is 0.179. The summed E-state index contributed by atoms with van der Waals surface area (Å²) in [6.45, 7) is 1.05. The average molecular weight is 409 g/mol. The lowest BCUT2D eigenvalue weighted by Crippen LogP contribution is -2.35. The monoisotopic (exact) mass is 409 g/mol. The fourth-order valence-corrected chi connectivity index (χ4v) is 3.21. The molecule has 0 spiro atoms. The fourth-order valence-electron chi connectivity index (χ4n) is 3.21. The summed E-state index contributed by atoms with van der Waals surface area (Å²) in [7, 11) is 0. The van der Waals surface area contributed by atoms with Gasteiger partial charge in [-0.25, -0.2) is 4.68 Å². The summed E-state index contributed by atoms with van der Waals surface area (Å²) in [4.78, 5) is 48.9. The number of hydrogen-bond acceptors (Lipinski definition) is 5. The van der Waals surface area contributed by atoms with Crippen molar-refractivity contribution in [2.24, 2.45) is 0 Å². The van der Waals surface area contributed by atoms with Crippen LogP contribution >= 0.6 is 0 Å². The van der Waals surface area contributed by atoms with E-state index < -0.39 is 36.1 Å². The number of fused-ring (bicyclic) bond motifs is 1. The van der Waals surface area contributed by atoms with Gasteiger partial charge in [0.15, 0.2) is 6.61 Å². The molecule has 0 fully saturated rings. The van der Waals surface area contributed by atoms with Gasteiger partial charge in [0.25, 0.3) is 17.0 Å². The van der Waals surface area contributed by atoms with Gasteiger partial charge >= 0.3 is 5.97 Å². The highest BCUT2D eigenvalue weighted by atomic mass is 16.5. The quantitative estimate of drug-likeness (QED) is 0.552. The largest absolute Gasteiger partial charge is 0.454 e. The highest BCUT2D eigenvalue weighted by molar-refractivity contribution is 5.82. The number of benzene rings is 2. The number of nitrogens with zero attached hydrogens (tertiary/aromatic N) is 1. The zero-order valence-electron chi connectivity index (χ0n) is 16.6. The number of carbonyl (C=O) groups excluding carboxylic acids is 2. The van der Waals surface area contributed by atoms with Crippen LogP contribution in [-0.2, 0) is 20.9 Å². The van der Waals surface area contributed by atoms with Gasteiger partial charge in [-0.1, -0.05) is 55.8 Å². The van der Waals surface area contributed by atoms with Crippen LogP contribution in [0.15, 0.2) is 64.2 Å². The Kier molecular flexibility index (Phi) is 6.79. The normalized spacial score (nSPS) is 11.8. The average Bonchev–Trinajstić information content (AvgIpc) is 2.76. The summed E-state index contributed by atoms with van der Waals surface area (Å²) in [5.41, 5.74) is -0.0287. The Hall–Kier alpha value is -3.68. The zero-order chi connectivity index (χ0) is 21.5. The highest BCUT2D eigenvalue weighted by Crippen LogP contribution is 2.17. The molecule has 3 rings (SSSR count). The van der Waals surface area contributed by atoms with Gasteiger partial charge in [0.2, 0.25) is 0 Å². The fraction of sp³-hybridized carbons (Fsp3) is 0.273. The van der Waals surface area contributed by atoms with E-state index in [-0.39, 0.29) is 16.8 Å². The maximum absolute atomic E-state index is 12.4. The summed E-state index contributed by atoms with van der Waals surface area (Å²) >= 11 is 0. The molecule has 1 amide bonds. The molecular weight excluding hydrogens is 386 g/mol. The Balaban J connectivity index is 1.61. The molecular formula is C22H23N3O5. The van der Waals surface area contributed by atoms with Crippen molar-refractivity contribution in [2.75, 3.05) is 6.61 Å². The van der Waals surface area contributed by atoms with E-state index >= 15 is 0 Å². The molecule has 2 N–H and O–H groups in total. The van der Waals surface area contributed by atoms with E-state index in [0.717, 1.165) is 23.1 Å². The van der Waals surface area contributed by atoms with Crippen molar-refractivity contribution < 1.29 is 14.3 Å². The number of carbonyl (C=O) groups is 2. The minimum atomic E-state index is -0.801. The van der Waals surface area contributed by atoms with E-state index in [1.54, 1.807) is 12.1 Å². The molecule has 8 nitrogen and oxygen atoms in total. The molecule has 0 saturated heterocycles. The summed E-state index contributed by atoms with van der Waals surface area (Å²) in [6.07, 6.45) is 1.62. The SMILES string of the molecule is CCC[C@H](NC(=O)COC(=O)Cn1[nH]c(=O)c2ccccc2c1=O)c1ccccc1. The van der Waals surface area contributed by atoms with Crippen LogP contribution in [0.3, 0.4) is 0 Å². The topological polar surface area (TPSA) is 110 Å². The lowest BCUT2D eigenvalue weighted by Gasteiger charge is -2.18. The van der Waals surface area contributed by atoms with Crippen LogP contribution in [0.25, 0.3) is 10.8 Å². The van der Waals surface area contributed by atoms with Crippen LogP contribution in [0.5, 0.6) is 0 Å². The van der Waals surface area contributed by atoms with Crippen LogP contribution in [0, 0.1) is 0 Å². The maximum atomic E-state index is 12.4. The predicted octanol–water partition coefficient (Wildman–Crippen LogP) is 1.89. The second-order valence-corrected chi connectivity index (χ2v) is 6.86. The Morgan fingerprint density at radius 2 is 1.70 bits per heavy atom. The van der Waals surface area contributed by atoms with Gasteiger partial charge in [0.05, 0.1) is 16.8 Å². The molecule has 156 valence electrons. The van der Waals surface area contributed by atoms with Crippen LogP contribution in [0.2, 0.25) is 0 Å². The van der Waals surface area contributed by atoms with Gasteiger partial charge in [-0.2, -0.15) is 0 Å². The van der Waals surface area contributed by atoms with Gasteiger partial charge in [0, 0.05) is 0 Å². The number of rotatable bonds is 8. The number of hydrogen-bond donors (Lipinski definition) is 2. The third-order valence-electron chi connectivity index (χ3n) is 4.65. The summed E-state index contributed by atoms with van der Waals surface area (Å²) in [5, 5.41) is 5.66. The lowest BCUT2D eigenvalue weighted by atomic mass is 10.0. The van der Waals surface area contributed by atoms with Crippen molar-refractivity contribution in [3.8, 4) is 0 Å². The summed E-state index contributed by atoms with van der Waals surface area (Å²) in [6, 6.07) is 15.7. The summed E-state index contributed by atoms with van der Waals surface area (Å²) in [5.74, 6) is -1.24. The maximum Gasteiger partial charge on any atom is 0.328 e. The smallest absolute Gasteiger partial charge is 0.328 e. The van der Waals surface area contributed by atoms with Gasteiger partial charge in [-0.3, -0.25) is 24.3 Å². The standard InChI is InChI=1S/C22H23N3O5/c1-2-8-18(15-9-4-3-5-10-15)23-19(26)14-30-20(27)13-25-22(29)17-12-7-6-11-16(17)21(28)24-25/h3-7,9-12,18H,2,8,13-14H2,1H3,(H,23,26)(H,24,28)/t18-/m0/s1.